The summed E-state index contributed by atoms with van der Waals surface area (Å²) in [6, 6.07) is 12.5. The molecular weight excluding hydrogens is 555 g/mol. The second kappa shape index (κ2) is 10.0. The molecule has 2 aromatic carbocycles. The minimum atomic E-state index is -5.29. The summed E-state index contributed by atoms with van der Waals surface area (Å²) in [5.41, 5.74) is 1.59. The number of nitrogens with zero attached hydrogens (tertiary/aromatic N) is 5. The fourth-order valence-corrected chi connectivity index (χ4v) is 5.34. The molecule has 0 unspecified atom stereocenters. The number of halogens is 4. The van der Waals surface area contributed by atoms with Crippen LogP contribution >= 0.6 is 22.9 Å². The van der Waals surface area contributed by atoms with Crippen molar-refractivity contribution in [1.29, 1.82) is 0 Å². The van der Waals surface area contributed by atoms with Gasteiger partial charge in [-0.15, -0.1) is 11.3 Å². The van der Waals surface area contributed by atoms with E-state index in [1.54, 1.807) is 48.5 Å². The molecule has 0 aliphatic rings. The predicted molar refractivity (Wildman–Crippen MR) is 145 cm³/mol. The first-order valence-corrected chi connectivity index (χ1v) is 13.0. The number of imidazole rings is 1. The molecule has 3 aromatic heterocycles. The largest absolute Gasteiger partial charge is 0.491 e. The first-order valence-electron chi connectivity index (χ1n) is 11.8. The van der Waals surface area contributed by atoms with Crippen LogP contribution in [0.3, 0.4) is 0 Å². The Bertz CT molecular complexity index is 1770. The van der Waals surface area contributed by atoms with Gasteiger partial charge in [0.15, 0.2) is 0 Å². The summed E-state index contributed by atoms with van der Waals surface area (Å²) >= 11 is 7.09. The Morgan fingerprint density at radius 3 is 2.44 bits per heavy atom. The van der Waals surface area contributed by atoms with E-state index in [1.165, 1.54) is 0 Å². The molecule has 0 saturated carbocycles. The lowest BCUT2D eigenvalue weighted by molar-refractivity contribution is -0.190. The Labute approximate surface area is 228 Å². The van der Waals surface area contributed by atoms with Gasteiger partial charge in [-0.3, -0.25) is 4.79 Å². The number of benzene rings is 2. The Kier molecular flexibility index (Phi) is 6.85. The summed E-state index contributed by atoms with van der Waals surface area (Å²) in [7, 11) is 3.70. The maximum atomic E-state index is 13.7. The van der Waals surface area contributed by atoms with E-state index in [0.717, 1.165) is 33.4 Å². The molecule has 0 fully saturated rings. The number of thiophene rings is 1. The van der Waals surface area contributed by atoms with Crippen LogP contribution in [0.5, 0.6) is 6.01 Å². The number of hydrogen-bond acceptors (Lipinski definition) is 7. The fraction of sp³-hybridized carbons (Fsp3) is 0.231. The third-order valence-electron chi connectivity index (χ3n) is 5.88. The highest BCUT2D eigenvalue weighted by molar-refractivity contribution is 7.22. The first-order chi connectivity index (χ1) is 18.5. The molecule has 0 spiro atoms. The average Bonchev–Trinajstić information content (AvgIpc) is 3.46. The smallest absolute Gasteiger partial charge is 0.385 e. The van der Waals surface area contributed by atoms with Crippen LogP contribution < -0.4 is 15.2 Å². The van der Waals surface area contributed by atoms with Crippen LogP contribution in [0.15, 0.2) is 53.3 Å². The standard InChI is InChI=1S/C26H21ClF3N5O3S/c1-4-11-34-19-10-9-16(12-17(19)31-24(34)33(2)3)35-22(36)21-18(32-25(35)38-23(37)26(28,29)30)13-20(39-21)14-5-7-15(27)8-6-14/h5-10,12-13H,4,11H2,1-3H3. The van der Waals surface area contributed by atoms with Crippen molar-refractivity contribution in [1.82, 2.24) is 19.1 Å². The zero-order chi connectivity index (χ0) is 28.1. The van der Waals surface area contributed by atoms with E-state index in [0.29, 0.717) is 27.9 Å². The average molecular weight is 576 g/mol. The maximum absolute atomic E-state index is 13.7. The summed E-state index contributed by atoms with van der Waals surface area (Å²) in [6.45, 7) is 2.72. The van der Waals surface area contributed by atoms with Crippen molar-refractivity contribution in [3.8, 4) is 22.1 Å². The van der Waals surface area contributed by atoms with Gasteiger partial charge < -0.3 is 14.2 Å². The van der Waals surface area contributed by atoms with Gasteiger partial charge in [-0.05, 0) is 48.4 Å². The minimum absolute atomic E-state index is 0.0966. The fourth-order valence-electron chi connectivity index (χ4n) is 4.18. The molecule has 5 rings (SSSR count). The molecule has 39 heavy (non-hydrogen) atoms. The lowest BCUT2D eigenvalue weighted by Gasteiger charge is -2.14. The molecule has 0 aliphatic heterocycles. The van der Waals surface area contributed by atoms with Crippen molar-refractivity contribution in [2.75, 3.05) is 19.0 Å². The Morgan fingerprint density at radius 1 is 1.08 bits per heavy atom. The van der Waals surface area contributed by atoms with E-state index in [-0.39, 0.29) is 15.9 Å². The van der Waals surface area contributed by atoms with Gasteiger partial charge in [-0.2, -0.15) is 18.2 Å². The van der Waals surface area contributed by atoms with Crippen molar-refractivity contribution in [3.05, 3.63) is 63.9 Å². The predicted octanol–water partition coefficient (Wildman–Crippen LogP) is 6.06. The number of ether oxygens (including phenoxy) is 1. The number of fused-ring (bicyclic) bond motifs is 2. The van der Waals surface area contributed by atoms with Crippen LogP contribution in [-0.2, 0) is 11.3 Å². The van der Waals surface area contributed by atoms with Crippen LogP contribution in [0.2, 0.25) is 5.02 Å². The first kappa shape index (κ1) is 26.7. The molecule has 0 N–H and O–H groups in total. The molecule has 5 aromatic rings. The van der Waals surface area contributed by atoms with Gasteiger partial charge in [-0.1, -0.05) is 30.7 Å². The number of hydrogen-bond donors (Lipinski definition) is 0. The van der Waals surface area contributed by atoms with Crippen molar-refractivity contribution >= 4 is 56.1 Å². The molecule has 202 valence electrons. The minimum Gasteiger partial charge on any atom is -0.385 e. The van der Waals surface area contributed by atoms with E-state index in [2.05, 4.69) is 14.7 Å². The number of carbonyl (C=O) groups is 1. The lowest BCUT2D eigenvalue weighted by atomic mass is 10.2. The summed E-state index contributed by atoms with van der Waals surface area (Å²) in [4.78, 5) is 36.8. The van der Waals surface area contributed by atoms with Gasteiger partial charge in [0.2, 0.25) is 5.95 Å². The van der Waals surface area contributed by atoms with Crippen molar-refractivity contribution in [2.24, 2.45) is 0 Å². The van der Waals surface area contributed by atoms with E-state index < -0.39 is 23.7 Å². The highest BCUT2D eigenvalue weighted by atomic mass is 35.5. The number of carbonyl (C=O) groups excluding carboxylic acids is 1. The van der Waals surface area contributed by atoms with Crippen LogP contribution in [0.1, 0.15) is 13.3 Å². The molecule has 0 atom stereocenters. The topological polar surface area (TPSA) is 82.2 Å². The number of esters is 1. The molecule has 8 nitrogen and oxygen atoms in total. The van der Waals surface area contributed by atoms with Gasteiger partial charge in [0.05, 0.1) is 22.2 Å². The van der Waals surface area contributed by atoms with E-state index in [9.17, 15) is 22.8 Å². The van der Waals surface area contributed by atoms with Crippen LogP contribution in [-0.4, -0.2) is 45.3 Å². The lowest BCUT2D eigenvalue weighted by Crippen LogP contribution is -2.31. The number of aromatic nitrogens is 4. The summed E-state index contributed by atoms with van der Waals surface area (Å²) in [5.74, 6) is -1.81. The molecule has 0 radical (unpaired) electrons. The third-order valence-corrected chi connectivity index (χ3v) is 7.29. The maximum Gasteiger partial charge on any atom is 0.491 e. The number of anilines is 1. The molecule has 13 heteroatoms. The van der Waals surface area contributed by atoms with Gasteiger partial charge in [0.25, 0.3) is 5.56 Å². The van der Waals surface area contributed by atoms with Gasteiger partial charge in [0, 0.05) is 30.5 Å². The second-order valence-corrected chi connectivity index (χ2v) is 10.4. The summed E-state index contributed by atoms with van der Waals surface area (Å²) < 4.78 is 47.1. The van der Waals surface area contributed by atoms with Gasteiger partial charge in [-0.25, -0.2) is 14.3 Å². The van der Waals surface area contributed by atoms with Crippen LogP contribution in [0, 0.1) is 0 Å². The number of alkyl halides is 3. The van der Waals surface area contributed by atoms with Gasteiger partial charge in [0.1, 0.15) is 4.70 Å². The van der Waals surface area contributed by atoms with Crippen molar-refractivity contribution in [2.45, 2.75) is 26.1 Å². The number of rotatable bonds is 6. The zero-order valence-electron chi connectivity index (χ0n) is 20.9. The van der Waals surface area contributed by atoms with Crippen molar-refractivity contribution < 1.29 is 22.7 Å². The van der Waals surface area contributed by atoms with E-state index in [4.69, 9.17) is 11.6 Å². The zero-order valence-corrected chi connectivity index (χ0v) is 22.5. The third kappa shape index (κ3) is 4.97. The highest BCUT2D eigenvalue weighted by Gasteiger charge is 2.42. The monoisotopic (exact) mass is 575 g/mol. The molecular formula is C26H21ClF3N5O3S. The van der Waals surface area contributed by atoms with E-state index in [1.807, 2.05) is 30.5 Å². The quantitative estimate of drug-likeness (QED) is 0.229. The molecule has 3 heterocycles. The molecule has 0 aliphatic carbocycles. The SMILES string of the molecule is CCCn1c(N(C)C)nc2cc(-n3c(OC(=O)C(F)(F)F)nc4cc(-c5ccc(Cl)cc5)sc4c3=O)ccc21. The number of aryl methyl sites for hydroxylation is 1. The van der Waals surface area contributed by atoms with Gasteiger partial charge >= 0.3 is 18.2 Å². The summed E-state index contributed by atoms with van der Waals surface area (Å²) in [5, 5.41) is 0.524. The Hall–Kier alpha value is -3.90. The van der Waals surface area contributed by atoms with Crippen molar-refractivity contribution in [3.63, 3.8) is 0 Å². The molecule has 0 bridgehead atoms. The molecule has 0 amide bonds. The Morgan fingerprint density at radius 2 is 1.79 bits per heavy atom. The highest BCUT2D eigenvalue weighted by Crippen LogP contribution is 2.34. The molecule has 0 saturated heterocycles. The van der Waals surface area contributed by atoms with Crippen LogP contribution in [0.4, 0.5) is 19.1 Å². The van der Waals surface area contributed by atoms with E-state index >= 15 is 0 Å². The van der Waals surface area contributed by atoms with Crippen LogP contribution in [0.25, 0.3) is 37.4 Å². The Balaban J connectivity index is 1.73. The normalized spacial score (nSPS) is 11.9. The second-order valence-electron chi connectivity index (χ2n) is 8.89. The summed E-state index contributed by atoms with van der Waals surface area (Å²) in [6.07, 6.45) is -4.44.